The predicted molar refractivity (Wildman–Crippen MR) is 182 cm³/mol. The zero-order chi connectivity index (χ0) is 32.5. The molecule has 1 aliphatic carbocycles. The topological polar surface area (TPSA) is 55.8 Å². The summed E-state index contributed by atoms with van der Waals surface area (Å²) in [5, 5.41) is 0. The van der Waals surface area contributed by atoms with Crippen LogP contribution < -0.4 is 4.90 Å². The second-order valence-corrected chi connectivity index (χ2v) is 12.3. The van der Waals surface area contributed by atoms with Crippen LogP contribution in [0, 0.1) is 13.8 Å². The number of anilines is 3. The van der Waals surface area contributed by atoms with E-state index in [1.807, 2.05) is 12.1 Å². The number of ether oxygens (including phenoxy) is 2. The van der Waals surface area contributed by atoms with Gasteiger partial charge in [0.05, 0.1) is 5.92 Å². The molecule has 4 aromatic carbocycles. The molecule has 2 atom stereocenters. The van der Waals surface area contributed by atoms with Gasteiger partial charge in [-0.2, -0.15) is 0 Å². The Labute approximate surface area is 266 Å². The average Bonchev–Trinajstić information content (AvgIpc) is 3.25. The van der Waals surface area contributed by atoms with Crippen molar-refractivity contribution >= 4 is 29.0 Å². The van der Waals surface area contributed by atoms with E-state index in [0.717, 1.165) is 34.8 Å². The van der Waals surface area contributed by atoms with Crippen molar-refractivity contribution in [2.45, 2.75) is 65.1 Å². The highest BCUT2D eigenvalue weighted by atomic mass is 16.6. The average molecular weight is 600 g/mol. The first kappa shape index (κ1) is 31.5. The summed E-state index contributed by atoms with van der Waals surface area (Å²) in [4.78, 5) is 26.5. The molecule has 0 N–H and O–H groups in total. The first-order valence-corrected chi connectivity index (χ1v) is 15.3. The summed E-state index contributed by atoms with van der Waals surface area (Å²) in [6, 6.07) is 30.1. The van der Waals surface area contributed by atoms with Crippen LogP contribution in [0.5, 0.6) is 0 Å². The Hall–Kier alpha value is -4.90. The Morgan fingerprint density at radius 1 is 0.689 bits per heavy atom. The summed E-state index contributed by atoms with van der Waals surface area (Å²) >= 11 is 0. The number of nitrogens with zero attached hydrogens (tertiary/aromatic N) is 1. The van der Waals surface area contributed by atoms with Crippen molar-refractivity contribution in [2.75, 3.05) is 4.90 Å². The van der Waals surface area contributed by atoms with Crippen molar-refractivity contribution in [1.29, 1.82) is 0 Å². The molecule has 5 nitrogen and oxygen atoms in total. The molecule has 0 bridgehead atoms. The molecule has 4 aromatic rings. The molecule has 0 heterocycles. The highest BCUT2D eigenvalue weighted by Gasteiger charge is 2.36. The second-order valence-electron chi connectivity index (χ2n) is 12.3. The van der Waals surface area contributed by atoms with Crippen LogP contribution in [0.25, 0.3) is 11.1 Å². The molecule has 5 heteroatoms. The van der Waals surface area contributed by atoms with Crippen molar-refractivity contribution in [3.63, 3.8) is 0 Å². The number of hydrogen-bond acceptors (Lipinski definition) is 5. The number of aryl methyl sites for hydroxylation is 2. The number of carbonyl (C=O) groups is 2. The zero-order valence-corrected chi connectivity index (χ0v) is 27.0. The molecular formula is C40H41NO4. The number of hydrogen-bond donors (Lipinski definition) is 0. The van der Waals surface area contributed by atoms with Gasteiger partial charge >= 0.3 is 11.9 Å². The van der Waals surface area contributed by atoms with Gasteiger partial charge in [-0.15, -0.1) is 0 Å². The summed E-state index contributed by atoms with van der Waals surface area (Å²) in [5.41, 5.74) is 11.4. The first-order valence-electron chi connectivity index (χ1n) is 15.3. The third-order valence-corrected chi connectivity index (χ3v) is 9.06. The van der Waals surface area contributed by atoms with Crippen molar-refractivity contribution in [1.82, 2.24) is 0 Å². The van der Waals surface area contributed by atoms with Crippen molar-refractivity contribution in [2.24, 2.45) is 0 Å². The largest absolute Gasteiger partial charge is 0.459 e. The number of carbonyl (C=O) groups excluding carboxylic acids is 2. The van der Waals surface area contributed by atoms with E-state index >= 15 is 0 Å². The standard InChI is InChI=1S/C40H41NO4/c1-9-37(42)44-27(5)39(28(6)45-38(43)10-2)29-16-19-30(20-17-29)41(31-18-15-25(3)26(4)23-31)32-21-22-34-33-13-11-12-14-35(33)40(7,8)36(34)24-32/h9-24,27-28,39H,1-2H2,3-8H3. The van der Waals surface area contributed by atoms with Crippen LogP contribution in [0.3, 0.4) is 0 Å². The smallest absolute Gasteiger partial charge is 0.330 e. The molecule has 0 fully saturated rings. The fourth-order valence-electron chi connectivity index (χ4n) is 6.52. The number of esters is 2. The Bertz CT molecular complexity index is 1740. The maximum Gasteiger partial charge on any atom is 0.330 e. The van der Waals surface area contributed by atoms with Gasteiger partial charge in [0.25, 0.3) is 0 Å². The van der Waals surface area contributed by atoms with Gasteiger partial charge in [-0.05, 0) is 103 Å². The van der Waals surface area contributed by atoms with Crippen LogP contribution in [-0.4, -0.2) is 24.1 Å². The van der Waals surface area contributed by atoms with E-state index in [9.17, 15) is 9.59 Å². The van der Waals surface area contributed by atoms with Crippen molar-refractivity contribution in [3.05, 3.63) is 138 Å². The molecule has 0 saturated carbocycles. The molecule has 0 aliphatic heterocycles. The summed E-state index contributed by atoms with van der Waals surface area (Å²) in [5.74, 6) is -1.48. The van der Waals surface area contributed by atoms with E-state index in [0.29, 0.717) is 0 Å². The minimum Gasteiger partial charge on any atom is -0.459 e. The van der Waals surface area contributed by atoms with Gasteiger partial charge in [0.15, 0.2) is 0 Å². The zero-order valence-electron chi connectivity index (χ0n) is 27.0. The van der Waals surface area contributed by atoms with Crippen LogP contribution in [0.4, 0.5) is 17.1 Å². The number of rotatable bonds is 10. The lowest BCUT2D eigenvalue weighted by atomic mass is 9.82. The lowest BCUT2D eigenvalue weighted by Gasteiger charge is -2.31. The van der Waals surface area contributed by atoms with E-state index in [2.05, 4.69) is 119 Å². The van der Waals surface area contributed by atoms with Crippen LogP contribution >= 0.6 is 0 Å². The van der Waals surface area contributed by atoms with Gasteiger partial charge < -0.3 is 14.4 Å². The molecule has 1 aliphatic rings. The third kappa shape index (κ3) is 6.08. The molecule has 0 aromatic heterocycles. The highest BCUT2D eigenvalue weighted by Crippen LogP contribution is 2.50. The van der Waals surface area contributed by atoms with Crippen molar-refractivity contribution < 1.29 is 19.1 Å². The normalized spacial score (nSPS) is 14.7. The Morgan fingerprint density at radius 3 is 1.82 bits per heavy atom. The molecule has 0 saturated heterocycles. The molecule has 45 heavy (non-hydrogen) atoms. The molecule has 0 spiro atoms. The molecular weight excluding hydrogens is 558 g/mol. The fourth-order valence-corrected chi connectivity index (χ4v) is 6.52. The SMILES string of the molecule is C=CC(=O)OC(C)C(c1ccc(N(c2ccc(C)c(C)c2)c2ccc3c(c2)C(C)(C)c2ccccc2-3)cc1)C(C)OC(=O)C=C. The van der Waals surface area contributed by atoms with Crippen LogP contribution in [0.15, 0.2) is 110 Å². The van der Waals surface area contributed by atoms with Crippen LogP contribution in [0.1, 0.15) is 61.4 Å². The molecule has 0 radical (unpaired) electrons. The molecule has 0 amide bonds. The summed E-state index contributed by atoms with van der Waals surface area (Å²) in [7, 11) is 0. The van der Waals surface area contributed by atoms with Gasteiger partial charge in [0.2, 0.25) is 0 Å². The number of benzene rings is 4. The Balaban J connectivity index is 1.59. The van der Waals surface area contributed by atoms with E-state index in [1.165, 1.54) is 33.4 Å². The van der Waals surface area contributed by atoms with Crippen LogP contribution in [-0.2, 0) is 24.5 Å². The maximum absolute atomic E-state index is 12.1. The first-order chi connectivity index (χ1) is 21.5. The van der Waals surface area contributed by atoms with Gasteiger partial charge in [0, 0.05) is 34.6 Å². The maximum atomic E-state index is 12.1. The highest BCUT2D eigenvalue weighted by molar-refractivity contribution is 5.86. The van der Waals surface area contributed by atoms with Crippen molar-refractivity contribution in [3.8, 4) is 11.1 Å². The lowest BCUT2D eigenvalue weighted by molar-refractivity contribution is -0.149. The van der Waals surface area contributed by atoms with Gasteiger partial charge in [-0.3, -0.25) is 0 Å². The minimum atomic E-state index is -0.578. The Kier molecular flexibility index (Phi) is 8.83. The summed E-state index contributed by atoms with van der Waals surface area (Å²) in [6.07, 6.45) is 1.11. The second kappa shape index (κ2) is 12.6. The monoisotopic (exact) mass is 599 g/mol. The van der Waals surface area contributed by atoms with Gasteiger partial charge in [-0.25, -0.2) is 9.59 Å². The van der Waals surface area contributed by atoms with Crippen LogP contribution in [0.2, 0.25) is 0 Å². The Morgan fingerprint density at radius 2 is 1.22 bits per heavy atom. The molecule has 2 unspecified atom stereocenters. The van der Waals surface area contributed by atoms with E-state index in [1.54, 1.807) is 13.8 Å². The molecule has 5 rings (SSSR count). The van der Waals surface area contributed by atoms with E-state index in [-0.39, 0.29) is 5.41 Å². The van der Waals surface area contributed by atoms with E-state index in [4.69, 9.17) is 9.47 Å². The lowest BCUT2D eigenvalue weighted by Crippen LogP contribution is -2.32. The summed E-state index contributed by atoms with van der Waals surface area (Å²) < 4.78 is 11.2. The van der Waals surface area contributed by atoms with E-state index < -0.39 is 30.1 Å². The molecule has 230 valence electrons. The van der Waals surface area contributed by atoms with Gasteiger partial charge in [-0.1, -0.05) is 75.5 Å². The van der Waals surface area contributed by atoms with Gasteiger partial charge in [0.1, 0.15) is 12.2 Å². The third-order valence-electron chi connectivity index (χ3n) is 9.06. The quantitative estimate of drug-likeness (QED) is 0.134. The predicted octanol–water partition coefficient (Wildman–Crippen LogP) is 9.40. The fraction of sp³-hybridized carbons (Fsp3) is 0.250. The minimum absolute atomic E-state index is 0.133. The summed E-state index contributed by atoms with van der Waals surface area (Å²) in [6.45, 7) is 19.5. The number of fused-ring (bicyclic) bond motifs is 3.